The van der Waals surface area contributed by atoms with Crippen LogP contribution in [0.3, 0.4) is 0 Å². The first-order valence-electron chi connectivity index (χ1n) is 9.14. The summed E-state index contributed by atoms with van der Waals surface area (Å²) in [6, 6.07) is 3.02. The summed E-state index contributed by atoms with van der Waals surface area (Å²) in [6.45, 7) is 1.77. The normalized spacial score (nSPS) is 31.0. The molecular weight excluding hydrogens is 365 g/mol. The van der Waals surface area contributed by atoms with Crippen molar-refractivity contribution in [1.29, 1.82) is 0 Å². The lowest BCUT2D eigenvalue weighted by Crippen LogP contribution is -2.51. The lowest BCUT2D eigenvalue weighted by atomic mass is 9.81. The molecule has 1 aliphatic carbocycles. The van der Waals surface area contributed by atoms with E-state index in [-0.39, 0.29) is 11.3 Å². The van der Waals surface area contributed by atoms with Gasteiger partial charge in [-0.25, -0.2) is 8.42 Å². The first-order valence-corrected chi connectivity index (χ1v) is 11.0. The van der Waals surface area contributed by atoms with Crippen LogP contribution in [0.15, 0.2) is 18.3 Å². The van der Waals surface area contributed by atoms with Gasteiger partial charge in [-0.1, -0.05) is 12.5 Å². The van der Waals surface area contributed by atoms with Gasteiger partial charge in [0, 0.05) is 24.2 Å². The molecular formula is C18H23F3N2O2S. The van der Waals surface area contributed by atoms with Crippen LogP contribution in [-0.2, 0) is 16.0 Å². The number of pyridine rings is 1. The Labute approximate surface area is 151 Å². The summed E-state index contributed by atoms with van der Waals surface area (Å²) in [5.74, 6) is 0.857. The molecule has 26 heavy (non-hydrogen) atoms. The second kappa shape index (κ2) is 6.19. The summed E-state index contributed by atoms with van der Waals surface area (Å²) in [5.41, 5.74) is -0.00840. The van der Waals surface area contributed by atoms with Crippen molar-refractivity contribution in [2.45, 2.75) is 50.2 Å². The Morgan fingerprint density at radius 2 is 1.96 bits per heavy atom. The van der Waals surface area contributed by atoms with Gasteiger partial charge in [-0.15, -0.1) is 0 Å². The Morgan fingerprint density at radius 1 is 1.19 bits per heavy atom. The molecule has 2 aliphatic heterocycles. The SMILES string of the molecule is O=S1(=O)CC2(CCN([C@@H]3CCC[C@@H](c4ccc(C(F)(F)F)nc4)C3)C2)C1. The van der Waals surface area contributed by atoms with Gasteiger partial charge in [0.15, 0.2) is 9.84 Å². The molecule has 2 atom stereocenters. The molecule has 1 aromatic heterocycles. The summed E-state index contributed by atoms with van der Waals surface area (Å²) < 4.78 is 61.2. The quantitative estimate of drug-likeness (QED) is 0.781. The molecule has 0 radical (unpaired) electrons. The molecule has 0 unspecified atom stereocenters. The molecule has 0 N–H and O–H groups in total. The van der Waals surface area contributed by atoms with Crippen LogP contribution in [0.5, 0.6) is 0 Å². The van der Waals surface area contributed by atoms with Crippen molar-refractivity contribution < 1.29 is 21.6 Å². The van der Waals surface area contributed by atoms with Crippen molar-refractivity contribution >= 4 is 9.84 Å². The van der Waals surface area contributed by atoms with Crippen LogP contribution in [-0.4, -0.2) is 48.9 Å². The summed E-state index contributed by atoms with van der Waals surface area (Å²) in [4.78, 5) is 6.02. The number of nitrogens with zero attached hydrogens (tertiary/aromatic N) is 2. The van der Waals surface area contributed by atoms with Gasteiger partial charge in [0.25, 0.3) is 0 Å². The van der Waals surface area contributed by atoms with E-state index in [2.05, 4.69) is 9.88 Å². The predicted octanol–water partition coefficient (Wildman–Crippen LogP) is 3.25. The zero-order valence-electron chi connectivity index (χ0n) is 14.5. The van der Waals surface area contributed by atoms with Gasteiger partial charge in [-0.2, -0.15) is 13.2 Å². The first kappa shape index (κ1) is 18.2. The highest BCUT2D eigenvalue weighted by Gasteiger charge is 2.53. The summed E-state index contributed by atoms with van der Waals surface area (Å²) in [5, 5.41) is 0. The topological polar surface area (TPSA) is 50.3 Å². The molecule has 1 spiro atoms. The molecule has 4 rings (SSSR count). The van der Waals surface area contributed by atoms with E-state index < -0.39 is 21.7 Å². The van der Waals surface area contributed by atoms with Gasteiger partial charge in [0.2, 0.25) is 0 Å². The Kier molecular flexibility index (Phi) is 4.34. The largest absolute Gasteiger partial charge is 0.433 e. The zero-order valence-corrected chi connectivity index (χ0v) is 15.3. The van der Waals surface area contributed by atoms with Crippen LogP contribution in [0.25, 0.3) is 0 Å². The van der Waals surface area contributed by atoms with E-state index in [1.54, 1.807) is 6.07 Å². The molecule has 8 heteroatoms. The van der Waals surface area contributed by atoms with Crippen molar-refractivity contribution in [2.75, 3.05) is 24.6 Å². The number of hydrogen-bond donors (Lipinski definition) is 0. The molecule has 0 amide bonds. The number of aromatic nitrogens is 1. The molecule has 144 valence electrons. The zero-order chi connectivity index (χ0) is 18.6. The average molecular weight is 388 g/mol. The summed E-state index contributed by atoms with van der Waals surface area (Å²) in [7, 11) is -2.82. The van der Waals surface area contributed by atoms with Crippen LogP contribution >= 0.6 is 0 Å². The highest BCUT2D eigenvalue weighted by atomic mass is 32.2. The number of alkyl halides is 3. The van der Waals surface area contributed by atoms with Crippen LogP contribution in [0.4, 0.5) is 13.2 Å². The van der Waals surface area contributed by atoms with Crippen molar-refractivity contribution in [3.05, 3.63) is 29.6 Å². The summed E-state index contributed by atoms with van der Waals surface area (Å²) in [6.07, 6.45) is 1.91. The number of likely N-dealkylation sites (tertiary alicyclic amines) is 1. The van der Waals surface area contributed by atoms with E-state index >= 15 is 0 Å². The minimum atomic E-state index is -4.40. The second-order valence-corrected chi connectivity index (χ2v) is 10.3. The maximum Gasteiger partial charge on any atom is 0.433 e. The molecule has 1 aromatic rings. The molecule has 0 aromatic carbocycles. The van der Waals surface area contributed by atoms with Crippen molar-refractivity contribution in [1.82, 2.24) is 9.88 Å². The van der Waals surface area contributed by atoms with E-state index in [0.717, 1.165) is 56.8 Å². The highest BCUT2D eigenvalue weighted by Crippen LogP contribution is 2.44. The molecule has 1 saturated carbocycles. The van der Waals surface area contributed by atoms with Gasteiger partial charge in [-0.05, 0) is 49.8 Å². The van der Waals surface area contributed by atoms with Gasteiger partial charge in [0.1, 0.15) is 5.69 Å². The third-order valence-electron chi connectivity index (χ3n) is 6.23. The monoisotopic (exact) mass is 388 g/mol. The van der Waals surface area contributed by atoms with Crippen LogP contribution in [0, 0.1) is 5.41 Å². The lowest BCUT2D eigenvalue weighted by molar-refractivity contribution is -0.141. The third-order valence-corrected chi connectivity index (χ3v) is 8.34. The number of halogens is 3. The third kappa shape index (κ3) is 3.50. The van der Waals surface area contributed by atoms with E-state index in [9.17, 15) is 21.6 Å². The standard InChI is InChI=1S/C18H23F3N2O2S/c19-18(20,21)16-5-4-14(9-22-16)13-2-1-3-15(8-13)23-7-6-17(10-23)11-26(24,25)12-17/h4-5,9,13,15H,1-3,6-8,10-12H2/t13-,15-/m1/s1. The van der Waals surface area contributed by atoms with Crippen LogP contribution < -0.4 is 0 Å². The van der Waals surface area contributed by atoms with E-state index in [4.69, 9.17) is 0 Å². The van der Waals surface area contributed by atoms with Gasteiger partial charge in [0.05, 0.1) is 11.5 Å². The number of sulfone groups is 1. The Balaban J connectivity index is 1.40. The van der Waals surface area contributed by atoms with Crippen molar-refractivity contribution in [3.63, 3.8) is 0 Å². The maximum atomic E-state index is 12.7. The van der Waals surface area contributed by atoms with Gasteiger partial charge < -0.3 is 0 Å². The maximum absolute atomic E-state index is 12.7. The van der Waals surface area contributed by atoms with Gasteiger partial charge >= 0.3 is 6.18 Å². The Morgan fingerprint density at radius 3 is 2.58 bits per heavy atom. The molecule has 4 nitrogen and oxygen atoms in total. The predicted molar refractivity (Wildman–Crippen MR) is 91.5 cm³/mol. The molecule has 3 aliphatic rings. The second-order valence-electron chi connectivity index (χ2n) is 8.24. The fourth-order valence-corrected chi connectivity index (χ4v) is 7.27. The van der Waals surface area contributed by atoms with Crippen molar-refractivity contribution in [2.24, 2.45) is 5.41 Å². The minimum Gasteiger partial charge on any atom is -0.300 e. The lowest BCUT2D eigenvalue weighted by Gasteiger charge is -2.40. The average Bonchev–Trinajstić information content (AvgIpc) is 2.98. The molecule has 2 saturated heterocycles. The van der Waals surface area contributed by atoms with E-state index in [1.165, 1.54) is 6.20 Å². The van der Waals surface area contributed by atoms with E-state index in [1.807, 2.05) is 0 Å². The Bertz CT molecular complexity index is 765. The van der Waals surface area contributed by atoms with Crippen LogP contribution in [0.2, 0.25) is 0 Å². The molecule has 3 heterocycles. The Hall–Kier alpha value is -1.15. The fourth-order valence-electron chi connectivity index (χ4n) is 5.02. The van der Waals surface area contributed by atoms with Crippen molar-refractivity contribution in [3.8, 4) is 0 Å². The van der Waals surface area contributed by atoms with E-state index in [0.29, 0.717) is 17.5 Å². The summed E-state index contributed by atoms with van der Waals surface area (Å²) >= 11 is 0. The minimum absolute atomic E-state index is 0.0400. The fraction of sp³-hybridized carbons (Fsp3) is 0.722. The number of rotatable bonds is 2. The molecule has 0 bridgehead atoms. The highest BCUT2D eigenvalue weighted by molar-refractivity contribution is 7.92. The first-order chi connectivity index (χ1) is 12.2. The molecule has 3 fully saturated rings. The number of hydrogen-bond acceptors (Lipinski definition) is 4. The van der Waals surface area contributed by atoms with Crippen LogP contribution in [0.1, 0.15) is 49.3 Å². The smallest absolute Gasteiger partial charge is 0.300 e. The van der Waals surface area contributed by atoms with Gasteiger partial charge in [-0.3, -0.25) is 9.88 Å².